The lowest BCUT2D eigenvalue weighted by molar-refractivity contribution is -0.136. The minimum absolute atomic E-state index is 0.312. The van der Waals surface area contributed by atoms with Crippen molar-refractivity contribution in [1.82, 2.24) is 9.29 Å². The highest BCUT2D eigenvalue weighted by Gasteiger charge is 2.22. The van der Waals surface area contributed by atoms with E-state index in [9.17, 15) is 13.8 Å². The van der Waals surface area contributed by atoms with Gasteiger partial charge in [0.05, 0.1) is 16.3 Å². The van der Waals surface area contributed by atoms with Crippen LogP contribution in [0.3, 0.4) is 0 Å². The van der Waals surface area contributed by atoms with Crippen molar-refractivity contribution < 1.29 is 18.9 Å². The molecular formula is C26H38ClN3O4S. The molecule has 2 aromatic rings. The summed E-state index contributed by atoms with van der Waals surface area (Å²) in [5.74, 6) is -0.606. The molecule has 0 radical (unpaired) electrons. The quantitative estimate of drug-likeness (QED) is 0.547. The molecule has 7 nitrogen and oxygen atoms in total. The minimum Gasteiger partial charge on any atom is -0.480 e. The first-order chi connectivity index (χ1) is 16.5. The van der Waals surface area contributed by atoms with E-state index in [0.717, 1.165) is 42.3 Å². The highest BCUT2D eigenvalue weighted by Crippen LogP contribution is 2.24. The van der Waals surface area contributed by atoms with Crippen LogP contribution in [-0.2, 0) is 20.6 Å². The van der Waals surface area contributed by atoms with Crippen LogP contribution in [0.1, 0.15) is 58.2 Å². The summed E-state index contributed by atoms with van der Waals surface area (Å²) in [4.78, 5) is 27.9. The standard InChI is InChI=1S/C13H18ClNOS.C10H12N2O3.C3H8/c1-10-5-7-15(8-6-10)17(16)13-9-12(14)4-3-11(13)2;1-7-9(4-3-5-11-7)12(8(2)13)6-10(14)15;1-3-2/h3-4,9-10H,5-8H2,1-2H3;3-5H,6H2,1-2H3,(H,14,15);3H2,1-2H3. The number of rotatable bonds is 5. The van der Waals surface area contributed by atoms with Crippen molar-refractivity contribution in [3.05, 3.63) is 52.8 Å². The molecule has 0 bridgehead atoms. The Morgan fingerprint density at radius 1 is 1.20 bits per heavy atom. The predicted octanol–water partition coefficient (Wildman–Crippen LogP) is 5.65. The van der Waals surface area contributed by atoms with Crippen LogP contribution in [0, 0.1) is 19.8 Å². The molecule has 9 heteroatoms. The zero-order valence-electron chi connectivity index (χ0n) is 21.6. The summed E-state index contributed by atoms with van der Waals surface area (Å²) in [6.45, 7) is 13.0. The largest absolute Gasteiger partial charge is 0.480 e. The van der Waals surface area contributed by atoms with Gasteiger partial charge in [0.15, 0.2) is 0 Å². The number of anilines is 1. The molecule has 0 spiro atoms. The van der Waals surface area contributed by atoms with Crippen molar-refractivity contribution in [3.63, 3.8) is 0 Å². The van der Waals surface area contributed by atoms with E-state index in [1.165, 1.54) is 18.2 Å². The molecule has 1 unspecified atom stereocenters. The number of carboxylic acids is 1. The van der Waals surface area contributed by atoms with Gasteiger partial charge in [-0.1, -0.05) is 44.9 Å². The number of aromatic nitrogens is 1. The van der Waals surface area contributed by atoms with Crippen molar-refractivity contribution in [2.45, 2.75) is 65.7 Å². The van der Waals surface area contributed by atoms with Crippen LogP contribution in [0.15, 0.2) is 41.4 Å². The van der Waals surface area contributed by atoms with E-state index in [-0.39, 0.29) is 12.5 Å². The van der Waals surface area contributed by atoms with E-state index in [1.807, 2.05) is 25.1 Å². The number of hydrogen-bond donors (Lipinski definition) is 1. The summed E-state index contributed by atoms with van der Waals surface area (Å²) in [7, 11) is -1.06. The second-order valence-corrected chi connectivity index (χ2v) is 10.5. The van der Waals surface area contributed by atoms with Crippen LogP contribution in [-0.4, -0.2) is 50.1 Å². The van der Waals surface area contributed by atoms with E-state index in [2.05, 4.69) is 30.1 Å². The molecule has 0 saturated carbocycles. The molecule has 2 heterocycles. The number of pyridine rings is 1. The van der Waals surface area contributed by atoms with E-state index in [4.69, 9.17) is 16.7 Å². The molecule has 1 aliphatic heterocycles. The molecular weight excluding hydrogens is 486 g/mol. The monoisotopic (exact) mass is 523 g/mol. The van der Waals surface area contributed by atoms with E-state index < -0.39 is 17.0 Å². The molecule has 1 atom stereocenters. The maximum Gasteiger partial charge on any atom is 0.323 e. The molecule has 194 valence electrons. The molecule has 35 heavy (non-hydrogen) atoms. The van der Waals surface area contributed by atoms with Gasteiger partial charge in [-0.3, -0.25) is 19.5 Å². The molecule has 1 aromatic carbocycles. The summed E-state index contributed by atoms with van der Waals surface area (Å²) < 4.78 is 14.5. The Hall–Kier alpha value is -2.29. The van der Waals surface area contributed by atoms with Gasteiger partial charge in [-0.15, -0.1) is 0 Å². The van der Waals surface area contributed by atoms with Crippen molar-refractivity contribution in [2.75, 3.05) is 24.5 Å². The first-order valence-corrected chi connectivity index (χ1v) is 13.3. The Labute approximate surface area is 217 Å². The normalized spacial score (nSPS) is 14.6. The van der Waals surface area contributed by atoms with Crippen LogP contribution in [0.4, 0.5) is 5.69 Å². The fourth-order valence-electron chi connectivity index (χ4n) is 3.31. The smallest absolute Gasteiger partial charge is 0.323 e. The van der Waals surface area contributed by atoms with Gasteiger partial charge in [0.25, 0.3) is 0 Å². The van der Waals surface area contributed by atoms with Crippen molar-refractivity contribution in [2.24, 2.45) is 5.92 Å². The number of carbonyl (C=O) groups is 2. The average Bonchev–Trinajstić information content (AvgIpc) is 2.80. The molecule has 3 rings (SSSR count). The number of carbonyl (C=O) groups excluding carboxylic acids is 1. The number of nitrogens with zero attached hydrogens (tertiary/aromatic N) is 3. The Balaban J connectivity index is 0.000000317. The first-order valence-electron chi connectivity index (χ1n) is 11.9. The second kappa shape index (κ2) is 15.7. The van der Waals surface area contributed by atoms with Gasteiger partial charge in [-0.2, -0.15) is 0 Å². The van der Waals surface area contributed by atoms with Gasteiger partial charge in [-0.05, 0) is 62.4 Å². The van der Waals surface area contributed by atoms with Gasteiger partial charge in [0, 0.05) is 31.2 Å². The van der Waals surface area contributed by atoms with Crippen LogP contribution < -0.4 is 4.90 Å². The SMILES string of the molecule is CC(=O)N(CC(=O)O)c1cccnc1C.CCC.Cc1ccc(Cl)cc1S(=O)N1CCC(C)CC1. The molecule has 1 amide bonds. The van der Waals surface area contributed by atoms with E-state index in [1.54, 1.807) is 25.3 Å². The Morgan fingerprint density at radius 3 is 2.31 bits per heavy atom. The zero-order valence-corrected chi connectivity index (χ0v) is 23.2. The minimum atomic E-state index is -1.06. The highest BCUT2D eigenvalue weighted by atomic mass is 35.5. The third-order valence-electron chi connectivity index (χ3n) is 5.26. The van der Waals surface area contributed by atoms with Crippen LogP contribution in [0.5, 0.6) is 0 Å². The number of piperidine rings is 1. The molecule has 0 aliphatic carbocycles. The summed E-state index contributed by atoms with van der Waals surface area (Å²) >= 11 is 5.97. The number of hydrogen-bond acceptors (Lipinski definition) is 4. The van der Waals surface area contributed by atoms with Crippen LogP contribution >= 0.6 is 11.6 Å². The highest BCUT2D eigenvalue weighted by molar-refractivity contribution is 7.82. The fourth-order valence-corrected chi connectivity index (χ4v) is 4.94. The number of amides is 1. The summed E-state index contributed by atoms with van der Waals surface area (Å²) in [5, 5.41) is 9.33. The summed E-state index contributed by atoms with van der Waals surface area (Å²) in [6.07, 6.45) is 5.11. The van der Waals surface area contributed by atoms with Crippen LogP contribution in [0.25, 0.3) is 0 Å². The van der Waals surface area contributed by atoms with E-state index >= 15 is 0 Å². The Bertz CT molecular complexity index is 994. The average molecular weight is 524 g/mol. The molecule has 1 N–H and O–H groups in total. The first kappa shape index (κ1) is 30.7. The van der Waals surface area contributed by atoms with Gasteiger partial charge >= 0.3 is 5.97 Å². The lowest BCUT2D eigenvalue weighted by Crippen LogP contribution is -2.34. The maximum atomic E-state index is 12.5. The molecule has 1 fully saturated rings. The number of aliphatic carboxylic acids is 1. The fraction of sp³-hybridized carbons (Fsp3) is 0.500. The van der Waals surface area contributed by atoms with Gasteiger partial charge in [0.1, 0.15) is 17.5 Å². The molecule has 1 aliphatic rings. The predicted molar refractivity (Wildman–Crippen MR) is 143 cm³/mol. The second-order valence-electron chi connectivity index (χ2n) is 8.58. The van der Waals surface area contributed by atoms with E-state index in [0.29, 0.717) is 16.4 Å². The zero-order chi connectivity index (χ0) is 26.5. The summed E-state index contributed by atoms with van der Waals surface area (Å²) in [6, 6.07) is 8.94. The molecule has 1 saturated heterocycles. The lowest BCUT2D eigenvalue weighted by Gasteiger charge is -2.29. The Morgan fingerprint density at radius 2 is 1.80 bits per heavy atom. The maximum absolute atomic E-state index is 12.5. The third-order valence-corrected chi connectivity index (χ3v) is 7.14. The third kappa shape index (κ3) is 10.5. The topological polar surface area (TPSA) is 90.8 Å². The van der Waals surface area contributed by atoms with Gasteiger partial charge in [-0.25, -0.2) is 8.51 Å². The van der Waals surface area contributed by atoms with Gasteiger partial charge in [0.2, 0.25) is 5.91 Å². The molecule has 1 aromatic heterocycles. The number of aryl methyl sites for hydroxylation is 2. The lowest BCUT2D eigenvalue weighted by atomic mass is 10.0. The number of halogens is 1. The number of carboxylic acid groups (broad SMARTS) is 1. The Kier molecular flexibility index (Phi) is 13.7. The summed E-state index contributed by atoms with van der Waals surface area (Å²) in [5.41, 5.74) is 2.22. The number of benzene rings is 1. The van der Waals surface area contributed by atoms with Crippen molar-refractivity contribution in [1.29, 1.82) is 0 Å². The van der Waals surface area contributed by atoms with Crippen molar-refractivity contribution >= 4 is 40.2 Å². The van der Waals surface area contributed by atoms with Crippen LogP contribution in [0.2, 0.25) is 5.02 Å². The van der Waals surface area contributed by atoms with Crippen molar-refractivity contribution in [3.8, 4) is 0 Å². The van der Waals surface area contributed by atoms with Gasteiger partial charge < -0.3 is 5.11 Å².